The zero-order chi connectivity index (χ0) is 12.6. The minimum absolute atomic E-state index is 0.689. The van der Waals surface area contributed by atoms with Gasteiger partial charge in [-0.3, -0.25) is 4.68 Å². The van der Waals surface area contributed by atoms with Crippen LogP contribution in [0.25, 0.3) is 0 Å². The van der Waals surface area contributed by atoms with Gasteiger partial charge in [0.2, 0.25) is 0 Å². The summed E-state index contributed by atoms with van der Waals surface area (Å²) in [5.41, 5.74) is 1.27. The summed E-state index contributed by atoms with van der Waals surface area (Å²) in [5, 5.41) is 14.5. The average molecular weight is 300 g/mol. The summed E-state index contributed by atoms with van der Waals surface area (Å²) in [5.74, 6) is 0. The summed E-state index contributed by atoms with van der Waals surface area (Å²) < 4.78 is 2.78. The number of aryl methyl sites for hydroxylation is 1. The first kappa shape index (κ1) is 12.6. The second kappa shape index (κ2) is 4.46. The molecule has 0 unspecified atom stereocenters. The molecule has 5 heteroatoms. The first-order chi connectivity index (χ1) is 7.94. The van der Waals surface area contributed by atoms with E-state index in [2.05, 4.69) is 32.5 Å². The molecule has 0 radical (unpaired) electrons. The quantitative estimate of drug-likeness (QED) is 0.850. The maximum absolute atomic E-state index is 10.3. The molecular weight excluding hydrogens is 282 g/mol. The zero-order valence-electron chi connectivity index (χ0n) is 10.3. The van der Waals surface area contributed by atoms with E-state index in [0.717, 1.165) is 41.8 Å². The lowest BCUT2D eigenvalue weighted by Crippen LogP contribution is -2.45. The van der Waals surface area contributed by atoms with Crippen molar-refractivity contribution in [3.63, 3.8) is 0 Å². The number of piperidine rings is 1. The molecule has 94 valence electrons. The summed E-state index contributed by atoms with van der Waals surface area (Å²) in [7, 11) is 1.90. The third-order valence-electron chi connectivity index (χ3n) is 3.57. The molecule has 17 heavy (non-hydrogen) atoms. The Hall–Kier alpha value is -0.810. The molecule has 0 aliphatic carbocycles. The van der Waals surface area contributed by atoms with Gasteiger partial charge in [-0.05, 0) is 41.3 Å². The Bertz CT molecular complexity index is 433. The van der Waals surface area contributed by atoms with Crippen LogP contribution in [0.15, 0.2) is 23.0 Å². The number of anilines is 1. The number of hydrogen-bond donors (Lipinski definition) is 1. The standard InChI is InChI=1S/C12H18BrN3O/c1-9(2)12(17)4-6-16(7-5-12)10-8-14-15(3)11(10)13/h8,17H,1,4-7H2,2-3H3. The fraction of sp³-hybridized carbons (Fsp3) is 0.583. The minimum Gasteiger partial charge on any atom is -0.385 e. The molecular formula is C12H18BrN3O. The second-order valence-electron chi connectivity index (χ2n) is 4.74. The summed E-state index contributed by atoms with van der Waals surface area (Å²) in [6.45, 7) is 7.43. The summed E-state index contributed by atoms with van der Waals surface area (Å²) in [4.78, 5) is 2.24. The van der Waals surface area contributed by atoms with Gasteiger partial charge in [-0.25, -0.2) is 0 Å². The van der Waals surface area contributed by atoms with Crippen molar-refractivity contribution < 1.29 is 5.11 Å². The molecule has 2 heterocycles. The molecule has 0 saturated carbocycles. The highest BCUT2D eigenvalue weighted by Crippen LogP contribution is 2.33. The van der Waals surface area contributed by atoms with Crippen molar-refractivity contribution in [2.75, 3.05) is 18.0 Å². The third kappa shape index (κ3) is 2.26. The molecule has 4 nitrogen and oxygen atoms in total. The van der Waals surface area contributed by atoms with Crippen LogP contribution in [0.1, 0.15) is 19.8 Å². The normalized spacial score (nSPS) is 19.4. The summed E-state index contributed by atoms with van der Waals surface area (Å²) >= 11 is 3.52. The topological polar surface area (TPSA) is 41.3 Å². The van der Waals surface area contributed by atoms with Crippen LogP contribution in [-0.4, -0.2) is 33.6 Å². The lowest BCUT2D eigenvalue weighted by atomic mass is 9.85. The van der Waals surface area contributed by atoms with Gasteiger partial charge >= 0.3 is 0 Å². The van der Waals surface area contributed by atoms with Crippen LogP contribution in [0, 0.1) is 0 Å². The van der Waals surface area contributed by atoms with E-state index in [4.69, 9.17) is 0 Å². The highest BCUT2D eigenvalue weighted by molar-refractivity contribution is 9.10. The van der Waals surface area contributed by atoms with E-state index >= 15 is 0 Å². The molecule has 1 saturated heterocycles. The highest BCUT2D eigenvalue weighted by Gasteiger charge is 2.33. The van der Waals surface area contributed by atoms with E-state index < -0.39 is 5.60 Å². The van der Waals surface area contributed by atoms with Crippen molar-refractivity contribution in [1.29, 1.82) is 0 Å². The van der Waals surface area contributed by atoms with Crippen molar-refractivity contribution in [3.8, 4) is 0 Å². The maximum Gasteiger partial charge on any atom is 0.127 e. The van der Waals surface area contributed by atoms with Crippen molar-refractivity contribution in [1.82, 2.24) is 9.78 Å². The minimum atomic E-state index is -0.689. The highest BCUT2D eigenvalue weighted by atomic mass is 79.9. The van der Waals surface area contributed by atoms with Crippen LogP contribution in [0.4, 0.5) is 5.69 Å². The van der Waals surface area contributed by atoms with E-state index in [1.165, 1.54) is 0 Å². The first-order valence-corrected chi connectivity index (χ1v) is 6.54. The maximum atomic E-state index is 10.3. The van der Waals surface area contributed by atoms with Gasteiger partial charge in [0, 0.05) is 20.1 Å². The van der Waals surface area contributed by atoms with Crippen LogP contribution >= 0.6 is 15.9 Å². The molecule has 0 amide bonds. The Morgan fingerprint density at radius 3 is 2.53 bits per heavy atom. The van der Waals surface area contributed by atoms with Crippen LogP contribution in [0.5, 0.6) is 0 Å². The Kier molecular flexibility index (Phi) is 3.32. The van der Waals surface area contributed by atoms with E-state index in [9.17, 15) is 5.11 Å². The molecule has 1 aliphatic heterocycles. The Labute approximate surface area is 110 Å². The molecule has 1 aromatic heterocycles. The zero-order valence-corrected chi connectivity index (χ0v) is 11.9. The fourth-order valence-electron chi connectivity index (χ4n) is 2.17. The smallest absolute Gasteiger partial charge is 0.127 e. The van der Waals surface area contributed by atoms with Crippen LogP contribution in [0.3, 0.4) is 0 Å². The number of nitrogens with zero attached hydrogens (tertiary/aromatic N) is 3. The van der Waals surface area contributed by atoms with Gasteiger partial charge in [-0.2, -0.15) is 5.10 Å². The fourth-order valence-corrected chi connectivity index (χ4v) is 2.61. The van der Waals surface area contributed by atoms with Gasteiger partial charge in [0.15, 0.2) is 0 Å². The van der Waals surface area contributed by atoms with Gasteiger partial charge < -0.3 is 10.0 Å². The van der Waals surface area contributed by atoms with Gasteiger partial charge in [-0.1, -0.05) is 6.58 Å². The van der Waals surface area contributed by atoms with E-state index in [1.54, 1.807) is 4.68 Å². The molecule has 1 aromatic rings. The Morgan fingerprint density at radius 2 is 2.12 bits per heavy atom. The monoisotopic (exact) mass is 299 g/mol. The van der Waals surface area contributed by atoms with Crippen molar-refractivity contribution in [2.24, 2.45) is 7.05 Å². The number of aromatic nitrogens is 2. The Morgan fingerprint density at radius 1 is 1.53 bits per heavy atom. The predicted molar refractivity (Wildman–Crippen MR) is 72.1 cm³/mol. The molecule has 0 spiro atoms. The molecule has 2 rings (SSSR count). The van der Waals surface area contributed by atoms with E-state index in [0.29, 0.717) is 0 Å². The van der Waals surface area contributed by atoms with Gasteiger partial charge in [0.25, 0.3) is 0 Å². The van der Waals surface area contributed by atoms with Gasteiger partial charge in [-0.15, -0.1) is 0 Å². The number of aliphatic hydroxyl groups is 1. The molecule has 1 fully saturated rings. The second-order valence-corrected chi connectivity index (χ2v) is 5.49. The van der Waals surface area contributed by atoms with E-state index in [-0.39, 0.29) is 0 Å². The molecule has 1 N–H and O–H groups in total. The number of hydrogen-bond acceptors (Lipinski definition) is 3. The first-order valence-electron chi connectivity index (χ1n) is 5.75. The van der Waals surface area contributed by atoms with Gasteiger partial charge in [0.05, 0.1) is 17.5 Å². The van der Waals surface area contributed by atoms with Gasteiger partial charge in [0.1, 0.15) is 4.60 Å². The number of halogens is 1. The third-order valence-corrected chi connectivity index (χ3v) is 4.49. The lowest BCUT2D eigenvalue weighted by Gasteiger charge is -2.39. The Balaban J connectivity index is 2.10. The molecule has 1 aliphatic rings. The van der Waals surface area contributed by atoms with Crippen molar-refractivity contribution in [3.05, 3.63) is 23.0 Å². The van der Waals surface area contributed by atoms with E-state index in [1.807, 2.05) is 20.2 Å². The summed E-state index contributed by atoms with van der Waals surface area (Å²) in [6, 6.07) is 0. The largest absolute Gasteiger partial charge is 0.385 e. The SMILES string of the molecule is C=C(C)C1(O)CCN(c2cnn(C)c2Br)CC1. The van der Waals surface area contributed by atoms with Crippen molar-refractivity contribution in [2.45, 2.75) is 25.4 Å². The lowest BCUT2D eigenvalue weighted by molar-refractivity contribution is 0.0531. The van der Waals surface area contributed by atoms with Crippen LogP contribution < -0.4 is 4.90 Å². The van der Waals surface area contributed by atoms with Crippen LogP contribution in [-0.2, 0) is 7.05 Å². The predicted octanol–water partition coefficient (Wildman–Crippen LogP) is 2.09. The molecule has 0 aromatic carbocycles. The van der Waals surface area contributed by atoms with Crippen molar-refractivity contribution >= 4 is 21.6 Å². The van der Waals surface area contributed by atoms with Crippen LogP contribution in [0.2, 0.25) is 0 Å². The average Bonchev–Trinajstić information content (AvgIpc) is 2.61. The summed E-state index contributed by atoms with van der Waals surface area (Å²) in [6.07, 6.45) is 3.31. The molecule has 0 bridgehead atoms. The number of rotatable bonds is 2. The molecule has 0 atom stereocenters.